The maximum atomic E-state index is 12.1. The van der Waals surface area contributed by atoms with Crippen LogP contribution in [0.2, 0.25) is 0 Å². The number of amides is 2. The van der Waals surface area contributed by atoms with Crippen molar-refractivity contribution < 1.29 is 9.59 Å². The SMILES string of the molecule is C=C/N=C1/C(=O)N(C=C)/C(=N\C=C)C(=O)N1C=C. The van der Waals surface area contributed by atoms with Crippen molar-refractivity contribution in [2.24, 2.45) is 9.98 Å². The molecule has 1 aliphatic heterocycles. The molecule has 1 heterocycles. The summed E-state index contributed by atoms with van der Waals surface area (Å²) in [6, 6.07) is 0. The maximum absolute atomic E-state index is 12.1. The van der Waals surface area contributed by atoms with Gasteiger partial charge in [-0.05, 0) is 0 Å². The van der Waals surface area contributed by atoms with Crippen LogP contribution >= 0.6 is 0 Å². The van der Waals surface area contributed by atoms with Crippen LogP contribution < -0.4 is 0 Å². The van der Waals surface area contributed by atoms with E-state index in [1.54, 1.807) is 0 Å². The number of hydrogen-bond donors (Lipinski definition) is 0. The lowest BCUT2D eigenvalue weighted by Gasteiger charge is -2.30. The van der Waals surface area contributed by atoms with Crippen LogP contribution in [0.1, 0.15) is 0 Å². The zero-order valence-electron chi connectivity index (χ0n) is 9.74. The molecule has 0 saturated carbocycles. The summed E-state index contributed by atoms with van der Waals surface area (Å²) in [4.78, 5) is 33.6. The van der Waals surface area contributed by atoms with Crippen molar-refractivity contribution >= 4 is 23.5 Å². The first-order valence-electron chi connectivity index (χ1n) is 4.92. The van der Waals surface area contributed by atoms with Crippen molar-refractivity contribution in [3.8, 4) is 0 Å². The summed E-state index contributed by atoms with van der Waals surface area (Å²) < 4.78 is 0. The Kier molecular flexibility index (Phi) is 4.09. The van der Waals surface area contributed by atoms with Crippen LogP contribution in [0.15, 0.2) is 61.1 Å². The second-order valence-corrected chi connectivity index (χ2v) is 2.99. The Morgan fingerprint density at radius 1 is 0.778 bits per heavy atom. The fourth-order valence-corrected chi connectivity index (χ4v) is 1.36. The topological polar surface area (TPSA) is 65.3 Å². The minimum Gasteiger partial charge on any atom is -0.265 e. The molecule has 6 heteroatoms. The number of aliphatic imine (C=N–C) groups is 2. The predicted molar refractivity (Wildman–Crippen MR) is 69.4 cm³/mol. The van der Waals surface area contributed by atoms with Gasteiger partial charge in [0.15, 0.2) is 0 Å². The highest BCUT2D eigenvalue weighted by molar-refractivity contribution is 6.57. The van der Waals surface area contributed by atoms with Crippen LogP contribution in [0, 0.1) is 0 Å². The highest BCUT2D eigenvalue weighted by Crippen LogP contribution is 2.12. The van der Waals surface area contributed by atoms with Gasteiger partial charge in [0, 0.05) is 24.8 Å². The number of carbonyl (C=O) groups excluding carboxylic acids is 2. The Labute approximate surface area is 105 Å². The molecule has 0 aromatic carbocycles. The number of amidine groups is 2. The van der Waals surface area contributed by atoms with Gasteiger partial charge in [0.1, 0.15) is 0 Å². The van der Waals surface area contributed by atoms with Crippen molar-refractivity contribution in [3.63, 3.8) is 0 Å². The average Bonchev–Trinajstić information content (AvgIpc) is 2.36. The highest BCUT2D eigenvalue weighted by Gasteiger charge is 2.39. The molecule has 18 heavy (non-hydrogen) atoms. The van der Waals surface area contributed by atoms with Crippen molar-refractivity contribution in [1.29, 1.82) is 0 Å². The molecule has 0 aliphatic carbocycles. The molecule has 0 radical (unpaired) electrons. The summed E-state index contributed by atoms with van der Waals surface area (Å²) in [6.07, 6.45) is 4.69. The summed E-state index contributed by atoms with van der Waals surface area (Å²) in [7, 11) is 0. The maximum Gasteiger partial charge on any atom is 0.300 e. The molecule has 0 unspecified atom stereocenters. The van der Waals surface area contributed by atoms with E-state index in [1.807, 2.05) is 0 Å². The Balaban J connectivity index is 3.43. The molecule has 1 aliphatic rings. The third-order valence-electron chi connectivity index (χ3n) is 2.07. The molecule has 1 saturated heterocycles. The van der Waals surface area contributed by atoms with E-state index in [1.165, 1.54) is 12.4 Å². The van der Waals surface area contributed by atoms with E-state index in [4.69, 9.17) is 0 Å². The van der Waals surface area contributed by atoms with E-state index in [2.05, 4.69) is 36.3 Å². The van der Waals surface area contributed by atoms with Crippen molar-refractivity contribution in [2.75, 3.05) is 0 Å². The van der Waals surface area contributed by atoms with Crippen molar-refractivity contribution in [1.82, 2.24) is 9.80 Å². The van der Waals surface area contributed by atoms with Gasteiger partial charge in [-0.3, -0.25) is 19.4 Å². The largest absolute Gasteiger partial charge is 0.300 e. The molecule has 1 fully saturated rings. The lowest BCUT2D eigenvalue weighted by molar-refractivity contribution is -0.127. The van der Waals surface area contributed by atoms with Gasteiger partial charge < -0.3 is 0 Å². The van der Waals surface area contributed by atoms with Crippen molar-refractivity contribution in [2.45, 2.75) is 0 Å². The zero-order valence-corrected chi connectivity index (χ0v) is 9.74. The summed E-state index contributed by atoms with van der Waals surface area (Å²) in [5.74, 6) is -1.34. The van der Waals surface area contributed by atoms with Gasteiger partial charge in [-0.15, -0.1) is 0 Å². The molecule has 0 spiro atoms. The third kappa shape index (κ3) is 2.03. The fraction of sp³-hybridized carbons (Fsp3) is 0. The standard InChI is InChI=1S/C12H12N4O2/c1-5-13-9-11(17)16(8-4)10(14-6-2)12(18)15(9)7-3/h5-8H,1-4H2/b13-9-,14-10-. The Bertz CT molecular complexity index is 456. The molecule has 0 aromatic rings. The molecule has 1 rings (SSSR count). The van der Waals surface area contributed by atoms with Gasteiger partial charge in [0.25, 0.3) is 11.8 Å². The second-order valence-electron chi connectivity index (χ2n) is 2.99. The number of hydrogen-bond acceptors (Lipinski definition) is 4. The molecule has 0 aromatic heterocycles. The van der Waals surface area contributed by atoms with Crippen LogP contribution in [-0.2, 0) is 9.59 Å². The molecule has 6 nitrogen and oxygen atoms in total. The summed E-state index contributed by atoms with van der Waals surface area (Å²) >= 11 is 0. The lowest BCUT2D eigenvalue weighted by atomic mass is 10.2. The van der Waals surface area contributed by atoms with Crippen LogP contribution in [0.25, 0.3) is 0 Å². The minimum absolute atomic E-state index is 0.118. The van der Waals surface area contributed by atoms with Gasteiger partial charge in [-0.1, -0.05) is 26.3 Å². The molecule has 92 valence electrons. The lowest BCUT2D eigenvalue weighted by Crippen LogP contribution is -2.57. The van der Waals surface area contributed by atoms with Crippen LogP contribution in [-0.4, -0.2) is 33.3 Å². The number of carbonyl (C=O) groups is 2. The van der Waals surface area contributed by atoms with E-state index in [-0.39, 0.29) is 11.7 Å². The Morgan fingerprint density at radius 2 is 1.11 bits per heavy atom. The van der Waals surface area contributed by atoms with Gasteiger partial charge >= 0.3 is 0 Å². The van der Waals surface area contributed by atoms with Gasteiger partial charge in [0.05, 0.1) is 0 Å². The van der Waals surface area contributed by atoms with Crippen LogP contribution in [0.3, 0.4) is 0 Å². The summed E-state index contributed by atoms with van der Waals surface area (Å²) in [6.45, 7) is 13.7. The monoisotopic (exact) mass is 244 g/mol. The molecule has 0 N–H and O–H groups in total. The normalized spacial score (nSPS) is 20.2. The second kappa shape index (κ2) is 5.53. The van der Waals surface area contributed by atoms with E-state index >= 15 is 0 Å². The van der Waals surface area contributed by atoms with Gasteiger partial charge in [-0.25, -0.2) is 9.98 Å². The van der Waals surface area contributed by atoms with E-state index < -0.39 is 11.8 Å². The predicted octanol–water partition coefficient (Wildman–Crippen LogP) is 1.03. The highest BCUT2D eigenvalue weighted by atomic mass is 16.2. The first kappa shape index (κ1) is 13.3. The molecular formula is C12H12N4O2. The Morgan fingerprint density at radius 3 is 1.33 bits per heavy atom. The average molecular weight is 244 g/mol. The smallest absolute Gasteiger partial charge is 0.265 e. The van der Waals surface area contributed by atoms with Gasteiger partial charge in [0.2, 0.25) is 11.7 Å². The van der Waals surface area contributed by atoms with Gasteiger partial charge in [-0.2, -0.15) is 0 Å². The summed E-state index contributed by atoms with van der Waals surface area (Å²) in [5, 5.41) is 0. The van der Waals surface area contributed by atoms with E-state index in [0.29, 0.717) is 0 Å². The first-order chi connectivity index (χ1) is 8.62. The van der Waals surface area contributed by atoms with E-state index in [9.17, 15) is 9.59 Å². The summed E-state index contributed by atoms with van der Waals surface area (Å²) in [5.41, 5.74) is 0. The zero-order chi connectivity index (χ0) is 13.7. The van der Waals surface area contributed by atoms with E-state index in [0.717, 1.165) is 22.2 Å². The quantitative estimate of drug-likeness (QED) is 0.741. The molecule has 0 atom stereocenters. The number of rotatable bonds is 4. The van der Waals surface area contributed by atoms with Crippen molar-refractivity contribution in [3.05, 3.63) is 51.1 Å². The molecule has 0 bridgehead atoms. The van der Waals surface area contributed by atoms with Crippen LogP contribution in [0.5, 0.6) is 0 Å². The first-order valence-corrected chi connectivity index (χ1v) is 4.92. The van der Waals surface area contributed by atoms with Crippen LogP contribution in [0.4, 0.5) is 0 Å². The molecular weight excluding hydrogens is 232 g/mol. The molecule has 2 amide bonds. The number of nitrogens with zero attached hydrogens (tertiary/aromatic N) is 4. The number of piperazine rings is 1. The minimum atomic E-state index is -0.551. The fourth-order valence-electron chi connectivity index (χ4n) is 1.36. The Hall–Kier alpha value is -2.76. The third-order valence-corrected chi connectivity index (χ3v) is 2.07.